The maximum absolute atomic E-state index is 13.1. The molecule has 2 aromatic heterocycles. The largest absolute Gasteiger partial charge is 0.416 e. The van der Waals surface area contributed by atoms with Gasteiger partial charge in [0, 0.05) is 24.8 Å². The number of aromatic nitrogens is 4. The van der Waals surface area contributed by atoms with E-state index in [1.807, 2.05) is 0 Å². The normalized spacial score (nSPS) is 17.0. The van der Waals surface area contributed by atoms with Crippen molar-refractivity contribution in [2.24, 2.45) is 0 Å². The summed E-state index contributed by atoms with van der Waals surface area (Å²) < 4.78 is 78.3. The molecule has 3 N–H and O–H groups in total. The zero-order valence-corrected chi connectivity index (χ0v) is 18.4. The number of benzene rings is 1. The number of aryl methyl sites for hydroxylation is 1. The summed E-state index contributed by atoms with van der Waals surface area (Å²) in [5, 5.41) is 13.1. The van der Waals surface area contributed by atoms with Crippen molar-refractivity contribution in [3.05, 3.63) is 41.3 Å². The number of aromatic amines is 1. The molecule has 3 heterocycles. The van der Waals surface area contributed by atoms with Crippen molar-refractivity contribution in [2.75, 3.05) is 30.3 Å². The molecule has 188 valence electrons. The molecule has 0 saturated carbocycles. The molecule has 3 aromatic rings. The smallest absolute Gasteiger partial charge is 0.376 e. The summed E-state index contributed by atoms with van der Waals surface area (Å²) in [5.41, 5.74) is -2.77. The van der Waals surface area contributed by atoms with Gasteiger partial charge in [-0.1, -0.05) is 0 Å². The number of nitrogens with one attached hydrogen (secondary N) is 3. The Morgan fingerprint density at radius 2 is 1.80 bits per heavy atom. The summed E-state index contributed by atoms with van der Waals surface area (Å²) in [6.07, 6.45) is -6.95. The van der Waals surface area contributed by atoms with Gasteiger partial charge in [0.15, 0.2) is 5.65 Å². The summed E-state index contributed by atoms with van der Waals surface area (Å²) in [6.45, 7) is 1.98. The van der Waals surface area contributed by atoms with E-state index in [1.54, 1.807) is 13.1 Å². The third-order valence-electron chi connectivity index (χ3n) is 5.57. The Morgan fingerprint density at radius 3 is 2.46 bits per heavy atom. The van der Waals surface area contributed by atoms with Crippen LogP contribution < -0.4 is 10.6 Å². The Bertz CT molecular complexity index is 1190. The Labute approximate surface area is 195 Å². The van der Waals surface area contributed by atoms with Crippen molar-refractivity contribution in [3.8, 4) is 0 Å². The van der Waals surface area contributed by atoms with Crippen LogP contribution in [0.25, 0.3) is 11.0 Å². The van der Waals surface area contributed by atoms with Crippen molar-refractivity contribution in [1.82, 2.24) is 25.1 Å². The molecule has 14 heteroatoms. The minimum atomic E-state index is -4.97. The first-order chi connectivity index (χ1) is 16.4. The monoisotopic (exact) mass is 501 g/mol. The molecule has 8 nitrogen and oxygen atoms in total. The first kappa shape index (κ1) is 24.5. The SMILES string of the molecule is Cc1nc(N[C@H]2CCCN(C(=O)CNc3cc(C(F)(F)F)cc(C(F)(F)F)c3)C2)c2cn[nH]c2n1. The van der Waals surface area contributed by atoms with E-state index in [-0.39, 0.29) is 12.1 Å². The molecule has 4 rings (SSSR count). The first-order valence-electron chi connectivity index (χ1n) is 10.7. The predicted molar refractivity (Wildman–Crippen MR) is 115 cm³/mol. The number of nitrogens with zero attached hydrogens (tertiary/aromatic N) is 4. The lowest BCUT2D eigenvalue weighted by Gasteiger charge is -2.33. The molecule has 0 bridgehead atoms. The number of carbonyl (C=O) groups excluding carboxylic acids is 1. The lowest BCUT2D eigenvalue weighted by Crippen LogP contribution is -2.47. The number of hydrogen-bond donors (Lipinski definition) is 3. The lowest BCUT2D eigenvalue weighted by atomic mass is 10.1. The number of amides is 1. The number of carbonyl (C=O) groups is 1. The van der Waals surface area contributed by atoms with Gasteiger partial charge in [-0.05, 0) is 38.0 Å². The van der Waals surface area contributed by atoms with Crippen molar-refractivity contribution < 1.29 is 31.1 Å². The van der Waals surface area contributed by atoms with Crippen molar-refractivity contribution >= 4 is 28.4 Å². The number of fused-ring (bicyclic) bond motifs is 1. The van der Waals surface area contributed by atoms with Gasteiger partial charge in [-0.3, -0.25) is 9.89 Å². The molecule has 1 aromatic carbocycles. The average molecular weight is 501 g/mol. The van der Waals surface area contributed by atoms with Gasteiger partial charge in [-0.2, -0.15) is 31.4 Å². The van der Waals surface area contributed by atoms with Crippen LogP contribution >= 0.6 is 0 Å². The van der Waals surface area contributed by atoms with Gasteiger partial charge in [0.1, 0.15) is 11.6 Å². The van der Waals surface area contributed by atoms with Crippen molar-refractivity contribution in [1.29, 1.82) is 0 Å². The van der Waals surface area contributed by atoms with E-state index in [1.165, 1.54) is 4.90 Å². The molecule has 0 unspecified atom stereocenters. The lowest BCUT2D eigenvalue weighted by molar-refractivity contribution is -0.143. The maximum Gasteiger partial charge on any atom is 0.416 e. The van der Waals surface area contributed by atoms with E-state index >= 15 is 0 Å². The van der Waals surface area contributed by atoms with E-state index in [4.69, 9.17) is 0 Å². The summed E-state index contributed by atoms with van der Waals surface area (Å²) >= 11 is 0. The maximum atomic E-state index is 13.1. The molecule has 0 radical (unpaired) electrons. The van der Waals surface area contributed by atoms with Crippen LogP contribution in [0.4, 0.5) is 37.8 Å². The first-order valence-corrected chi connectivity index (χ1v) is 10.7. The fraction of sp³-hybridized carbons (Fsp3) is 0.429. The molecular formula is C21H21F6N7O. The number of piperidine rings is 1. The van der Waals surface area contributed by atoms with Crippen molar-refractivity contribution in [2.45, 2.75) is 38.2 Å². The van der Waals surface area contributed by atoms with E-state index < -0.39 is 41.6 Å². The Hall–Kier alpha value is -3.58. The molecule has 1 saturated heterocycles. The quantitative estimate of drug-likeness (QED) is 0.453. The fourth-order valence-corrected chi connectivity index (χ4v) is 3.92. The van der Waals surface area contributed by atoms with E-state index in [0.717, 1.165) is 6.42 Å². The summed E-state index contributed by atoms with van der Waals surface area (Å²) in [5.74, 6) is 0.633. The van der Waals surface area contributed by atoms with E-state index in [9.17, 15) is 31.1 Å². The third kappa shape index (κ3) is 5.74. The van der Waals surface area contributed by atoms with E-state index in [0.29, 0.717) is 54.3 Å². The van der Waals surface area contributed by atoms with Crippen LogP contribution in [0.5, 0.6) is 0 Å². The van der Waals surface area contributed by atoms with Gasteiger partial charge in [0.05, 0.1) is 29.3 Å². The molecule has 1 aliphatic heterocycles. The Balaban J connectivity index is 1.42. The van der Waals surface area contributed by atoms with Gasteiger partial charge in [-0.25, -0.2) is 9.97 Å². The number of rotatable bonds is 5. The predicted octanol–water partition coefficient (Wildman–Crippen LogP) is 4.21. The van der Waals surface area contributed by atoms with Crippen LogP contribution in [0, 0.1) is 6.92 Å². The van der Waals surface area contributed by atoms with Crippen LogP contribution in [0.3, 0.4) is 0 Å². The molecular weight excluding hydrogens is 480 g/mol. The molecule has 0 spiro atoms. The Kier molecular flexibility index (Phi) is 6.47. The molecule has 0 aliphatic carbocycles. The van der Waals surface area contributed by atoms with Gasteiger partial charge in [0.25, 0.3) is 0 Å². The highest BCUT2D eigenvalue weighted by Gasteiger charge is 2.37. The Morgan fingerprint density at radius 1 is 1.11 bits per heavy atom. The van der Waals surface area contributed by atoms with Gasteiger partial charge >= 0.3 is 12.4 Å². The van der Waals surface area contributed by atoms with Gasteiger partial charge in [-0.15, -0.1) is 0 Å². The second kappa shape index (κ2) is 9.23. The topological polar surface area (TPSA) is 98.8 Å². The second-order valence-electron chi connectivity index (χ2n) is 8.22. The number of hydrogen-bond acceptors (Lipinski definition) is 6. The molecule has 1 amide bonds. The summed E-state index contributed by atoms with van der Waals surface area (Å²) in [4.78, 5) is 22.8. The molecule has 35 heavy (non-hydrogen) atoms. The highest BCUT2D eigenvalue weighted by Crippen LogP contribution is 2.37. The van der Waals surface area contributed by atoms with E-state index in [2.05, 4.69) is 30.8 Å². The zero-order chi connectivity index (χ0) is 25.4. The average Bonchev–Trinajstić information content (AvgIpc) is 3.25. The van der Waals surface area contributed by atoms with Crippen LogP contribution in [0.15, 0.2) is 24.4 Å². The standard InChI is InChI=1S/C21H21F6N7O/c1-11-30-18(16-8-29-33-19(16)31-11)32-14-3-2-4-34(10-14)17(35)9-28-15-6-12(20(22,23)24)5-13(7-15)21(25,26)27/h5-8,14,28H,2-4,9-10H2,1H3,(H2,29,30,31,32,33)/t14-/m0/s1. The number of anilines is 2. The van der Waals surface area contributed by atoms with Crippen LogP contribution in [0.2, 0.25) is 0 Å². The van der Waals surface area contributed by atoms with Crippen LogP contribution in [-0.4, -0.2) is 56.6 Å². The number of H-pyrrole nitrogens is 1. The fourth-order valence-electron chi connectivity index (χ4n) is 3.92. The van der Waals surface area contributed by atoms with Crippen molar-refractivity contribution in [3.63, 3.8) is 0 Å². The van der Waals surface area contributed by atoms with Gasteiger partial charge < -0.3 is 15.5 Å². The highest BCUT2D eigenvalue weighted by atomic mass is 19.4. The number of alkyl halides is 6. The molecule has 1 atom stereocenters. The highest BCUT2D eigenvalue weighted by molar-refractivity contribution is 5.86. The second-order valence-corrected chi connectivity index (χ2v) is 8.22. The third-order valence-corrected chi connectivity index (χ3v) is 5.57. The minimum Gasteiger partial charge on any atom is -0.376 e. The summed E-state index contributed by atoms with van der Waals surface area (Å²) in [6, 6.07) is 0.984. The van der Waals surface area contributed by atoms with Crippen LogP contribution in [0.1, 0.15) is 29.8 Å². The molecule has 1 aliphatic rings. The van der Waals surface area contributed by atoms with Crippen LogP contribution in [-0.2, 0) is 17.1 Å². The summed E-state index contributed by atoms with van der Waals surface area (Å²) in [7, 11) is 0. The minimum absolute atomic E-state index is 0.0414. The zero-order valence-electron chi connectivity index (χ0n) is 18.4. The number of likely N-dealkylation sites (tertiary alicyclic amines) is 1. The molecule has 1 fully saturated rings. The number of halogens is 6. The van der Waals surface area contributed by atoms with Gasteiger partial charge in [0.2, 0.25) is 5.91 Å².